The Kier molecular flexibility index (Phi) is 3.42. The third-order valence-corrected chi connectivity index (χ3v) is 4.65. The maximum atomic E-state index is 13.1. The van der Waals surface area contributed by atoms with Gasteiger partial charge in [-0.1, -0.05) is 12.1 Å². The predicted octanol–water partition coefficient (Wildman–Crippen LogP) is 4.08. The fourth-order valence-electron chi connectivity index (χ4n) is 1.65. The Labute approximate surface area is 106 Å². The summed E-state index contributed by atoms with van der Waals surface area (Å²) in [5.41, 5.74) is 8.81. The van der Waals surface area contributed by atoms with Crippen molar-refractivity contribution in [2.45, 2.75) is 13.5 Å². The molecule has 1 aromatic heterocycles. The molecule has 0 aliphatic rings. The molecule has 2 rings (SSSR count). The van der Waals surface area contributed by atoms with Crippen LogP contribution in [0.15, 0.2) is 28.1 Å². The number of benzene rings is 1. The van der Waals surface area contributed by atoms with E-state index >= 15 is 0 Å². The number of rotatable bonds is 2. The van der Waals surface area contributed by atoms with E-state index in [0.29, 0.717) is 6.54 Å². The van der Waals surface area contributed by atoms with Gasteiger partial charge in [0.1, 0.15) is 5.82 Å². The molecule has 0 aliphatic heterocycles. The molecule has 2 aromatic rings. The molecule has 2 N–H and O–H groups in total. The molecule has 1 heterocycles. The van der Waals surface area contributed by atoms with Gasteiger partial charge in [-0.05, 0) is 51.7 Å². The molecule has 4 heteroatoms. The molecule has 1 nitrogen and oxygen atoms in total. The van der Waals surface area contributed by atoms with Gasteiger partial charge < -0.3 is 5.73 Å². The summed E-state index contributed by atoms with van der Waals surface area (Å²) in [6.45, 7) is 2.52. The van der Waals surface area contributed by atoms with Crippen LogP contribution in [0.1, 0.15) is 11.1 Å². The maximum Gasteiger partial charge on any atom is 0.123 e. The molecule has 16 heavy (non-hydrogen) atoms. The number of hydrogen-bond donors (Lipinski definition) is 1. The zero-order valence-electron chi connectivity index (χ0n) is 8.76. The summed E-state index contributed by atoms with van der Waals surface area (Å²) in [5.74, 6) is -0.212. The SMILES string of the molecule is Cc1c(-c2cccc(F)c2)sc(Br)c1CN. The second-order valence-corrected chi connectivity index (χ2v) is 5.86. The van der Waals surface area contributed by atoms with Crippen LogP contribution in [0.5, 0.6) is 0 Å². The van der Waals surface area contributed by atoms with E-state index in [4.69, 9.17) is 5.73 Å². The zero-order valence-corrected chi connectivity index (χ0v) is 11.2. The molecule has 0 spiro atoms. The first kappa shape index (κ1) is 11.8. The summed E-state index contributed by atoms with van der Waals surface area (Å²) in [4.78, 5) is 1.08. The van der Waals surface area contributed by atoms with Gasteiger partial charge in [0.25, 0.3) is 0 Å². The highest BCUT2D eigenvalue weighted by Gasteiger charge is 2.13. The average molecular weight is 300 g/mol. The Hall–Kier alpha value is -0.710. The van der Waals surface area contributed by atoms with Crippen LogP contribution in [0, 0.1) is 12.7 Å². The van der Waals surface area contributed by atoms with Crippen LogP contribution in [0.2, 0.25) is 0 Å². The van der Waals surface area contributed by atoms with Crippen LogP contribution in [0.4, 0.5) is 4.39 Å². The Morgan fingerprint density at radius 3 is 2.75 bits per heavy atom. The van der Waals surface area contributed by atoms with Crippen molar-refractivity contribution in [2.24, 2.45) is 5.73 Å². The second kappa shape index (κ2) is 4.65. The summed E-state index contributed by atoms with van der Waals surface area (Å²) in [6, 6.07) is 6.63. The topological polar surface area (TPSA) is 26.0 Å². The molecule has 0 saturated carbocycles. The standard InChI is InChI=1S/C12H11BrFNS/c1-7-10(6-15)12(13)16-11(7)8-3-2-4-9(14)5-8/h2-5H,6,15H2,1H3. The molecule has 0 atom stereocenters. The molecule has 0 saturated heterocycles. The van der Waals surface area contributed by atoms with Gasteiger partial charge in [0.05, 0.1) is 3.79 Å². The first-order chi connectivity index (χ1) is 7.63. The molecule has 0 radical (unpaired) electrons. The third kappa shape index (κ3) is 2.05. The highest BCUT2D eigenvalue weighted by molar-refractivity contribution is 9.11. The lowest BCUT2D eigenvalue weighted by molar-refractivity contribution is 0.628. The van der Waals surface area contributed by atoms with E-state index in [1.807, 2.05) is 13.0 Å². The highest BCUT2D eigenvalue weighted by atomic mass is 79.9. The van der Waals surface area contributed by atoms with E-state index in [9.17, 15) is 4.39 Å². The lowest BCUT2D eigenvalue weighted by atomic mass is 10.1. The Bertz CT molecular complexity index is 522. The molecular weight excluding hydrogens is 289 g/mol. The van der Waals surface area contributed by atoms with Gasteiger partial charge in [-0.15, -0.1) is 11.3 Å². The summed E-state index contributed by atoms with van der Waals surface area (Å²) in [6.07, 6.45) is 0. The van der Waals surface area contributed by atoms with Gasteiger partial charge >= 0.3 is 0 Å². The molecule has 0 bridgehead atoms. The summed E-state index contributed by atoms with van der Waals surface area (Å²) in [7, 11) is 0. The number of thiophene rings is 1. The Morgan fingerprint density at radius 1 is 1.44 bits per heavy atom. The molecule has 0 unspecified atom stereocenters. The van der Waals surface area contributed by atoms with Gasteiger partial charge in [-0.25, -0.2) is 4.39 Å². The molecular formula is C12H11BrFNS. The van der Waals surface area contributed by atoms with Crippen LogP contribution < -0.4 is 5.73 Å². The first-order valence-electron chi connectivity index (χ1n) is 4.87. The van der Waals surface area contributed by atoms with Crippen molar-refractivity contribution < 1.29 is 4.39 Å². The average Bonchev–Trinajstić information content (AvgIpc) is 2.54. The van der Waals surface area contributed by atoms with E-state index in [2.05, 4.69) is 15.9 Å². The molecule has 84 valence electrons. The van der Waals surface area contributed by atoms with Crippen LogP contribution in [0.25, 0.3) is 10.4 Å². The largest absolute Gasteiger partial charge is 0.326 e. The van der Waals surface area contributed by atoms with Crippen LogP contribution >= 0.6 is 27.3 Å². The minimum Gasteiger partial charge on any atom is -0.326 e. The van der Waals surface area contributed by atoms with Crippen molar-refractivity contribution >= 4 is 27.3 Å². The predicted molar refractivity (Wildman–Crippen MR) is 70.0 cm³/mol. The van der Waals surface area contributed by atoms with Crippen LogP contribution in [0.3, 0.4) is 0 Å². The van der Waals surface area contributed by atoms with Gasteiger partial charge in [0, 0.05) is 11.4 Å². The lowest BCUT2D eigenvalue weighted by Gasteiger charge is -2.01. The van der Waals surface area contributed by atoms with Crippen LogP contribution in [-0.2, 0) is 6.54 Å². The van der Waals surface area contributed by atoms with Crippen molar-refractivity contribution in [1.29, 1.82) is 0 Å². The normalized spacial score (nSPS) is 10.8. The highest BCUT2D eigenvalue weighted by Crippen LogP contribution is 2.39. The maximum absolute atomic E-state index is 13.1. The Morgan fingerprint density at radius 2 is 2.19 bits per heavy atom. The minimum atomic E-state index is -0.212. The fraction of sp³-hybridized carbons (Fsp3) is 0.167. The van der Waals surface area contributed by atoms with E-state index in [0.717, 1.165) is 25.4 Å². The van der Waals surface area contributed by atoms with Gasteiger partial charge in [0.2, 0.25) is 0 Å². The quantitative estimate of drug-likeness (QED) is 0.888. The van der Waals surface area contributed by atoms with Crippen molar-refractivity contribution in [3.63, 3.8) is 0 Å². The third-order valence-electron chi connectivity index (χ3n) is 2.51. The van der Waals surface area contributed by atoms with Crippen molar-refractivity contribution in [2.75, 3.05) is 0 Å². The van der Waals surface area contributed by atoms with Crippen molar-refractivity contribution in [3.05, 3.63) is 45.0 Å². The first-order valence-corrected chi connectivity index (χ1v) is 6.48. The molecule has 0 aliphatic carbocycles. The smallest absolute Gasteiger partial charge is 0.123 e. The van der Waals surface area contributed by atoms with E-state index < -0.39 is 0 Å². The van der Waals surface area contributed by atoms with Gasteiger partial charge in [-0.2, -0.15) is 0 Å². The zero-order chi connectivity index (χ0) is 11.7. The van der Waals surface area contributed by atoms with Crippen molar-refractivity contribution in [3.8, 4) is 10.4 Å². The van der Waals surface area contributed by atoms with Gasteiger partial charge in [-0.3, -0.25) is 0 Å². The van der Waals surface area contributed by atoms with Crippen LogP contribution in [-0.4, -0.2) is 0 Å². The summed E-state index contributed by atoms with van der Waals surface area (Å²) in [5, 5.41) is 0. The molecule has 0 fully saturated rings. The monoisotopic (exact) mass is 299 g/mol. The number of halogens is 2. The van der Waals surface area contributed by atoms with E-state index in [-0.39, 0.29) is 5.82 Å². The van der Waals surface area contributed by atoms with Gasteiger partial charge in [0.15, 0.2) is 0 Å². The number of hydrogen-bond acceptors (Lipinski definition) is 2. The fourth-order valence-corrected chi connectivity index (χ4v) is 3.66. The minimum absolute atomic E-state index is 0.212. The van der Waals surface area contributed by atoms with E-state index in [1.165, 1.54) is 6.07 Å². The lowest BCUT2D eigenvalue weighted by Crippen LogP contribution is -1.97. The van der Waals surface area contributed by atoms with E-state index in [1.54, 1.807) is 23.5 Å². The molecule has 1 aromatic carbocycles. The second-order valence-electron chi connectivity index (χ2n) is 3.52. The summed E-state index contributed by atoms with van der Waals surface area (Å²) >= 11 is 5.09. The molecule has 0 amide bonds. The Balaban J connectivity index is 2.56. The van der Waals surface area contributed by atoms with Crippen molar-refractivity contribution in [1.82, 2.24) is 0 Å². The number of nitrogens with two attached hydrogens (primary N) is 1. The summed E-state index contributed by atoms with van der Waals surface area (Å²) < 4.78 is 14.2.